The molecule has 82 valence electrons. The third-order valence-electron chi connectivity index (χ3n) is 1.69. The lowest BCUT2D eigenvalue weighted by Gasteiger charge is -2.06. The van der Waals surface area contributed by atoms with Gasteiger partial charge in [-0.05, 0) is 40.5 Å². The number of aliphatic carboxylic acids is 1. The smallest absolute Gasteiger partial charge is 0.303 e. The fraction of sp³-hybridized carbons (Fsp3) is 0.300. The van der Waals surface area contributed by atoms with Crippen molar-refractivity contribution in [3.63, 3.8) is 0 Å². The third-order valence-corrected chi connectivity index (χ3v) is 2.31. The molecule has 0 spiro atoms. The summed E-state index contributed by atoms with van der Waals surface area (Å²) in [7, 11) is 0. The van der Waals surface area contributed by atoms with Gasteiger partial charge in [-0.25, -0.2) is 4.39 Å². The van der Waals surface area contributed by atoms with E-state index in [4.69, 9.17) is 9.84 Å². The van der Waals surface area contributed by atoms with Crippen LogP contribution in [0.15, 0.2) is 22.7 Å². The van der Waals surface area contributed by atoms with Gasteiger partial charge in [-0.1, -0.05) is 0 Å². The van der Waals surface area contributed by atoms with Gasteiger partial charge in [0.1, 0.15) is 11.6 Å². The fourth-order valence-electron chi connectivity index (χ4n) is 0.998. The molecule has 0 radical (unpaired) electrons. The van der Waals surface area contributed by atoms with Crippen LogP contribution in [0.1, 0.15) is 12.8 Å². The van der Waals surface area contributed by atoms with E-state index < -0.39 is 5.97 Å². The Balaban J connectivity index is 2.40. The quantitative estimate of drug-likeness (QED) is 0.842. The summed E-state index contributed by atoms with van der Waals surface area (Å²) in [6.45, 7) is 0.302. The normalized spacial score (nSPS) is 10.0. The zero-order valence-corrected chi connectivity index (χ0v) is 9.46. The Morgan fingerprint density at radius 2 is 2.27 bits per heavy atom. The predicted octanol–water partition coefficient (Wildman–Crippen LogP) is 2.83. The molecule has 1 N–H and O–H groups in total. The van der Waals surface area contributed by atoms with Crippen LogP contribution in [0.4, 0.5) is 4.39 Å². The van der Waals surface area contributed by atoms with E-state index in [0.717, 1.165) is 0 Å². The van der Waals surface area contributed by atoms with Gasteiger partial charge in [0, 0.05) is 6.42 Å². The lowest BCUT2D eigenvalue weighted by molar-refractivity contribution is -0.137. The van der Waals surface area contributed by atoms with E-state index in [2.05, 4.69) is 15.9 Å². The maximum Gasteiger partial charge on any atom is 0.303 e. The van der Waals surface area contributed by atoms with Gasteiger partial charge in [-0.15, -0.1) is 0 Å². The largest absolute Gasteiger partial charge is 0.492 e. The Kier molecular flexibility index (Phi) is 4.55. The van der Waals surface area contributed by atoms with E-state index >= 15 is 0 Å². The first-order chi connectivity index (χ1) is 7.09. The zero-order chi connectivity index (χ0) is 11.3. The van der Waals surface area contributed by atoms with Crippen molar-refractivity contribution in [2.45, 2.75) is 12.8 Å². The van der Waals surface area contributed by atoms with Gasteiger partial charge < -0.3 is 9.84 Å². The van der Waals surface area contributed by atoms with Gasteiger partial charge in [0.25, 0.3) is 0 Å². The number of hydrogen-bond acceptors (Lipinski definition) is 2. The number of halogens is 2. The Bertz CT molecular complexity index is 355. The molecular formula is C10H10BrFO3. The number of carbonyl (C=O) groups is 1. The molecule has 1 rings (SSSR count). The monoisotopic (exact) mass is 276 g/mol. The SMILES string of the molecule is O=C(O)CCCOc1ccc(F)cc1Br. The van der Waals surface area contributed by atoms with Crippen LogP contribution in [0, 0.1) is 5.82 Å². The average Bonchev–Trinajstić information content (AvgIpc) is 2.14. The molecule has 15 heavy (non-hydrogen) atoms. The number of ether oxygens (including phenoxy) is 1. The molecule has 0 aromatic heterocycles. The molecule has 0 aliphatic rings. The van der Waals surface area contributed by atoms with E-state index in [9.17, 15) is 9.18 Å². The van der Waals surface area contributed by atoms with E-state index in [0.29, 0.717) is 23.2 Å². The van der Waals surface area contributed by atoms with Gasteiger partial charge in [0.05, 0.1) is 11.1 Å². The summed E-state index contributed by atoms with van der Waals surface area (Å²) < 4.78 is 18.5. The molecule has 0 unspecified atom stereocenters. The molecule has 0 bridgehead atoms. The zero-order valence-electron chi connectivity index (χ0n) is 7.87. The standard InChI is InChI=1S/C10H10BrFO3/c11-8-6-7(12)3-4-9(8)15-5-1-2-10(13)14/h3-4,6H,1-2,5H2,(H,13,14). The second kappa shape index (κ2) is 5.70. The first-order valence-electron chi connectivity index (χ1n) is 4.39. The third kappa shape index (κ3) is 4.29. The molecule has 0 amide bonds. The van der Waals surface area contributed by atoms with E-state index in [1.807, 2.05) is 0 Å². The summed E-state index contributed by atoms with van der Waals surface area (Å²) in [6.07, 6.45) is 0.498. The van der Waals surface area contributed by atoms with Gasteiger partial charge in [0.2, 0.25) is 0 Å². The maximum atomic E-state index is 12.7. The van der Waals surface area contributed by atoms with Crippen LogP contribution < -0.4 is 4.74 Å². The highest BCUT2D eigenvalue weighted by atomic mass is 79.9. The topological polar surface area (TPSA) is 46.5 Å². The van der Waals surface area contributed by atoms with Crippen LogP contribution in [0.2, 0.25) is 0 Å². The average molecular weight is 277 g/mol. The number of benzene rings is 1. The highest BCUT2D eigenvalue weighted by Crippen LogP contribution is 2.25. The molecule has 0 saturated heterocycles. The highest BCUT2D eigenvalue weighted by Gasteiger charge is 2.03. The van der Waals surface area contributed by atoms with Crippen molar-refractivity contribution in [3.05, 3.63) is 28.5 Å². The first-order valence-corrected chi connectivity index (χ1v) is 5.18. The summed E-state index contributed by atoms with van der Waals surface area (Å²) in [6, 6.07) is 4.09. The van der Waals surface area contributed by atoms with E-state index in [1.54, 1.807) is 0 Å². The van der Waals surface area contributed by atoms with Crippen LogP contribution in [-0.2, 0) is 4.79 Å². The van der Waals surface area contributed by atoms with Crippen molar-refractivity contribution in [2.75, 3.05) is 6.61 Å². The molecule has 0 saturated carbocycles. The number of hydrogen-bond donors (Lipinski definition) is 1. The summed E-state index contributed by atoms with van der Waals surface area (Å²) in [5.41, 5.74) is 0. The lowest BCUT2D eigenvalue weighted by atomic mass is 10.3. The van der Waals surface area contributed by atoms with Crippen LogP contribution in [0.25, 0.3) is 0 Å². The maximum absolute atomic E-state index is 12.7. The first kappa shape index (κ1) is 12.0. The number of rotatable bonds is 5. The summed E-state index contributed by atoms with van der Waals surface area (Å²) in [5, 5.41) is 8.39. The van der Waals surface area contributed by atoms with Gasteiger partial charge in [-0.3, -0.25) is 4.79 Å². The Labute approximate surface area is 95.0 Å². The van der Waals surface area contributed by atoms with Crippen molar-refractivity contribution in [2.24, 2.45) is 0 Å². The molecule has 0 atom stereocenters. The Morgan fingerprint density at radius 3 is 2.87 bits per heavy atom. The van der Waals surface area contributed by atoms with Crippen molar-refractivity contribution in [3.8, 4) is 5.75 Å². The van der Waals surface area contributed by atoms with Gasteiger partial charge in [0.15, 0.2) is 0 Å². The van der Waals surface area contributed by atoms with E-state index in [1.165, 1.54) is 18.2 Å². The minimum atomic E-state index is -0.850. The molecule has 0 heterocycles. The van der Waals surface area contributed by atoms with Crippen LogP contribution >= 0.6 is 15.9 Å². The van der Waals surface area contributed by atoms with Crippen LogP contribution in [0.3, 0.4) is 0 Å². The summed E-state index contributed by atoms with van der Waals surface area (Å²) in [4.78, 5) is 10.2. The minimum absolute atomic E-state index is 0.0683. The number of carboxylic acid groups (broad SMARTS) is 1. The van der Waals surface area contributed by atoms with Crippen molar-refractivity contribution in [1.82, 2.24) is 0 Å². The fourth-order valence-corrected chi connectivity index (χ4v) is 1.46. The second-order valence-electron chi connectivity index (χ2n) is 2.92. The van der Waals surface area contributed by atoms with Crippen LogP contribution in [-0.4, -0.2) is 17.7 Å². The summed E-state index contributed by atoms with van der Waals surface area (Å²) >= 11 is 3.15. The summed E-state index contributed by atoms with van der Waals surface area (Å²) in [5.74, 6) is -0.682. The van der Waals surface area contributed by atoms with Gasteiger partial charge >= 0.3 is 5.97 Å². The molecule has 0 fully saturated rings. The Morgan fingerprint density at radius 1 is 1.53 bits per heavy atom. The molecule has 5 heteroatoms. The molecule has 3 nitrogen and oxygen atoms in total. The molecule has 1 aromatic carbocycles. The van der Waals surface area contributed by atoms with Crippen molar-refractivity contribution >= 4 is 21.9 Å². The molecule has 0 aliphatic heterocycles. The minimum Gasteiger partial charge on any atom is -0.492 e. The van der Waals surface area contributed by atoms with E-state index in [-0.39, 0.29) is 12.2 Å². The second-order valence-corrected chi connectivity index (χ2v) is 3.77. The molecule has 0 aliphatic carbocycles. The van der Waals surface area contributed by atoms with Crippen molar-refractivity contribution in [1.29, 1.82) is 0 Å². The molecule has 1 aromatic rings. The van der Waals surface area contributed by atoms with Gasteiger partial charge in [-0.2, -0.15) is 0 Å². The highest BCUT2D eigenvalue weighted by molar-refractivity contribution is 9.10. The lowest BCUT2D eigenvalue weighted by Crippen LogP contribution is -2.02. The Hall–Kier alpha value is -1.10. The van der Waals surface area contributed by atoms with Crippen LogP contribution in [0.5, 0.6) is 5.75 Å². The molecular weight excluding hydrogens is 267 g/mol. The predicted molar refractivity (Wildman–Crippen MR) is 56.5 cm³/mol. The number of carboxylic acids is 1. The van der Waals surface area contributed by atoms with Crippen molar-refractivity contribution < 1.29 is 19.0 Å².